The predicted molar refractivity (Wildman–Crippen MR) is 38.8 cm³/mol. The molecule has 0 atom stereocenters. The number of carbonyl (C=O) groups is 1. The van der Waals surface area contributed by atoms with Gasteiger partial charge < -0.3 is 9.90 Å². The molecule has 0 heterocycles. The van der Waals surface area contributed by atoms with Gasteiger partial charge >= 0.3 is 29.6 Å². The molecular formula is C7H12ClNaO2. The van der Waals surface area contributed by atoms with Crippen LogP contribution in [0.5, 0.6) is 0 Å². The Hall–Kier alpha value is 0.760. The molecule has 0 saturated carbocycles. The van der Waals surface area contributed by atoms with E-state index in [4.69, 9.17) is 11.6 Å². The van der Waals surface area contributed by atoms with Crippen molar-refractivity contribution in [2.24, 2.45) is 0 Å². The molecule has 0 radical (unpaired) electrons. The summed E-state index contributed by atoms with van der Waals surface area (Å²) in [4.78, 5) is 9.89. The maximum absolute atomic E-state index is 9.89. The molecule has 0 aromatic heterocycles. The molecule has 0 aliphatic carbocycles. The third-order valence-corrected chi connectivity index (χ3v) is 1.53. The van der Waals surface area contributed by atoms with Gasteiger partial charge in [-0.05, 0) is 19.3 Å². The molecule has 4 heteroatoms. The summed E-state index contributed by atoms with van der Waals surface area (Å²) in [6.45, 7) is 0. The minimum Gasteiger partial charge on any atom is -0.550 e. The second-order valence-electron chi connectivity index (χ2n) is 2.23. The number of carboxylic acid groups (broad SMARTS) is 1. The van der Waals surface area contributed by atoms with Crippen molar-refractivity contribution >= 4 is 17.6 Å². The average molecular weight is 187 g/mol. The molecule has 0 N–H and O–H groups in total. The van der Waals surface area contributed by atoms with Crippen LogP contribution in [0.25, 0.3) is 0 Å². The first-order valence-corrected chi connectivity index (χ1v) is 4.06. The molecule has 0 aliphatic heterocycles. The zero-order valence-electron chi connectivity index (χ0n) is 6.94. The summed E-state index contributed by atoms with van der Waals surface area (Å²) < 4.78 is 0. The summed E-state index contributed by atoms with van der Waals surface area (Å²) in [7, 11) is 0. The van der Waals surface area contributed by atoms with Gasteiger partial charge in [-0.2, -0.15) is 0 Å². The second kappa shape index (κ2) is 10.8. The van der Waals surface area contributed by atoms with Crippen molar-refractivity contribution in [3.8, 4) is 0 Å². The van der Waals surface area contributed by atoms with E-state index in [-0.39, 0.29) is 36.0 Å². The Balaban J connectivity index is 0. The first kappa shape index (κ1) is 14.3. The van der Waals surface area contributed by atoms with Crippen molar-refractivity contribution in [2.45, 2.75) is 32.1 Å². The van der Waals surface area contributed by atoms with Crippen molar-refractivity contribution in [1.29, 1.82) is 0 Å². The van der Waals surface area contributed by atoms with E-state index < -0.39 is 5.97 Å². The van der Waals surface area contributed by atoms with Gasteiger partial charge in [0.1, 0.15) is 0 Å². The third-order valence-electron chi connectivity index (χ3n) is 1.26. The Kier molecular flexibility index (Phi) is 14.0. The van der Waals surface area contributed by atoms with Crippen LogP contribution in [-0.2, 0) is 4.79 Å². The largest absolute Gasteiger partial charge is 1.00 e. The Morgan fingerprint density at radius 3 is 2.18 bits per heavy atom. The van der Waals surface area contributed by atoms with Gasteiger partial charge in [0.15, 0.2) is 0 Å². The number of hydrogen-bond donors (Lipinski definition) is 0. The van der Waals surface area contributed by atoms with Crippen LogP contribution in [-0.4, -0.2) is 11.8 Å². The molecule has 0 saturated heterocycles. The van der Waals surface area contributed by atoms with Gasteiger partial charge in [-0.25, -0.2) is 0 Å². The normalized spacial score (nSPS) is 8.82. The Morgan fingerprint density at radius 1 is 1.18 bits per heavy atom. The van der Waals surface area contributed by atoms with Gasteiger partial charge in [0, 0.05) is 11.8 Å². The zero-order valence-corrected chi connectivity index (χ0v) is 9.69. The minimum atomic E-state index is -0.953. The minimum absolute atomic E-state index is 0. The molecule has 11 heavy (non-hydrogen) atoms. The number of alkyl halides is 1. The van der Waals surface area contributed by atoms with Crippen LogP contribution in [0, 0.1) is 0 Å². The molecule has 0 aliphatic rings. The zero-order chi connectivity index (χ0) is 7.82. The topological polar surface area (TPSA) is 40.1 Å². The molecule has 0 unspecified atom stereocenters. The molecule has 0 rings (SSSR count). The maximum Gasteiger partial charge on any atom is 1.00 e. The van der Waals surface area contributed by atoms with E-state index in [0.717, 1.165) is 25.7 Å². The van der Waals surface area contributed by atoms with Crippen LogP contribution >= 0.6 is 11.6 Å². The van der Waals surface area contributed by atoms with Crippen molar-refractivity contribution < 1.29 is 39.5 Å². The number of carbonyl (C=O) groups excluding carboxylic acids is 1. The molecule has 0 spiro atoms. The van der Waals surface area contributed by atoms with E-state index in [0.29, 0.717) is 5.88 Å². The average Bonchev–Trinajstić information content (AvgIpc) is 1.87. The van der Waals surface area contributed by atoms with E-state index in [1.165, 1.54) is 0 Å². The van der Waals surface area contributed by atoms with E-state index in [2.05, 4.69) is 0 Å². The van der Waals surface area contributed by atoms with Crippen LogP contribution in [0.2, 0.25) is 0 Å². The van der Waals surface area contributed by atoms with Crippen LogP contribution in [0.15, 0.2) is 0 Å². The Bertz CT molecular complexity index is 98.4. The van der Waals surface area contributed by atoms with E-state index >= 15 is 0 Å². The van der Waals surface area contributed by atoms with E-state index in [1.54, 1.807) is 0 Å². The fourth-order valence-electron chi connectivity index (χ4n) is 0.717. The quantitative estimate of drug-likeness (QED) is 0.272. The van der Waals surface area contributed by atoms with Gasteiger partial charge in [0.25, 0.3) is 0 Å². The first-order chi connectivity index (χ1) is 4.77. The number of unbranched alkanes of at least 4 members (excludes halogenated alkanes) is 3. The van der Waals surface area contributed by atoms with Gasteiger partial charge in [-0.3, -0.25) is 0 Å². The number of carboxylic acids is 1. The number of hydrogen-bond acceptors (Lipinski definition) is 2. The number of rotatable bonds is 6. The number of aliphatic carboxylic acids is 1. The summed E-state index contributed by atoms with van der Waals surface area (Å²) in [6, 6.07) is 0. The Morgan fingerprint density at radius 2 is 1.73 bits per heavy atom. The van der Waals surface area contributed by atoms with Crippen molar-refractivity contribution in [1.82, 2.24) is 0 Å². The number of halogens is 1. The summed E-state index contributed by atoms with van der Waals surface area (Å²) in [5.74, 6) is -0.281. The van der Waals surface area contributed by atoms with Crippen LogP contribution in [0.3, 0.4) is 0 Å². The molecule has 0 amide bonds. The molecular weight excluding hydrogens is 175 g/mol. The SMILES string of the molecule is O=C([O-])CCCCCCCl.[Na+]. The summed E-state index contributed by atoms with van der Waals surface area (Å²) in [5, 5.41) is 9.89. The monoisotopic (exact) mass is 186 g/mol. The van der Waals surface area contributed by atoms with Crippen molar-refractivity contribution in [3.05, 3.63) is 0 Å². The first-order valence-electron chi connectivity index (χ1n) is 3.53. The van der Waals surface area contributed by atoms with Crippen LogP contribution in [0.1, 0.15) is 32.1 Å². The van der Waals surface area contributed by atoms with Crippen molar-refractivity contribution in [3.63, 3.8) is 0 Å². The Labute approximate surface area is 94.6 Å². The van der Waals surface area contributed by atoms with Gasteiger partial charge in [0.2, 0.25) is 0 Å². The molecule has 0 bridgehead atoms. The third kappa shape index (κ3) is 13.7. The van der Waals surface area contributed by atoms with Crippen LogP contribution < -0.4 is 34.7 Å². The maximum atomic E-state index is 9.89. The van der Waals surface area contributed by atoms with Gasteiger partial charge in [-0.1, -0.05) is 12.8 Å². The van der Waals surface area contributed by atoms with Gasteiger partial charge in [-0.15, -0.1) is 11.6 Å². The van der Waals surface area contributed by atoms with E-state index in [1.807, 2.05) is 0 Å². The molecule has 0 fully saturated rings. The molecule has 2 nitrogen and oxygen atoms in total. The second-order valence-corrected chi connectivity index (χ2v) is 2.60. The predicted octanol–water partition coefficient (Wildman–Crippen LogP) is -2.07. The molecule has 60 valence electrons. The molecule has 0 aromatic carbocycles. The summed E-state index contributed by atoms with van der Waals surface area (Å²) in [6.07, 6.45) is 3.85. The van der Waals surface area contributed by atoms with E-state index in [9.17, 15) is 9.90 Å². The van der Waals surface area contributed by atoms with Gasteiger partial charge in [0.05, 0.1) is 0 Å². The summed E-state index contributed by atoms with van der Waals surface area (Å²) in [5.41, 5.74) is 0. The van der Waals surface area contributed by atoms with Crippen LogP contribution in [0.4, 0.5) is 0 Å². The molecule has 0 aromatic rings. The summed E-state index contributed by atoms with van der Waals surface area (Å²) >= 11 is 5.41. The standard InChI is InChI=1S/C7H13ClO2.Na/c8-6-4-2-1-3-5-7(9)10;/h1-6H2,(H,9,10);/q;+1/p-1. The fourth-order valence-corrected chi connectivity index (χ4v) is 0.906. The fraction of sp³-hybridized carbons (Fsp3) is 0.857. The van der Waals surface area contributed by atoms with Crippen molar-refractivity contribution in [2.75, 3.05) is 5.88 Å². The smallest absolute Gasteiger partial charge is 0.550 e.